The molecule has 2 aliphatic heterocycles. The van der Waals surface area contributed by atoms with Crippen molar-refractivity contribution in [1.82, 2.24) is 5.01 Å². The molecule has 0 saturated heterocycles. The van der Waals surface area contributed by atoms with E-state index in [9.17, 15) is 10.1 Å². The molecule has 2 heterocycles. The second-order valence-corrected chi connectivity index (χ2v) is 11.0. The van der Waals surface area contributed by atoms with Gasteiger partial charge in [0, 0.05) is 11.5 Å². The molecule has 0 aromatic heterocycles. The molecular weight excluding hydrogens is 601 g/mol. The molecule has 188 valence electrons. The third kappa shape index (κ3) is 5.29. The minimum atomic E-state index is -0.453. The molecule has 8 nitrogen and oxygen atoms in total. The van der Waals surface area contributed by atoms with Crippen molar-refractivity contribution in [1.29, 1.82) is 10.7 Å². The number of fused-ring (bicyclic) bond motifs is 1. The Balaban J connectivity index is 1.39. The summed E-state index contributed by atoms with van der Waals surface area (Å²) in [7, 11) is 1.55. The number of nitrogens with one attached hydrogen (secondary N) is 1. The number of hydrogen-bond donors (Lipinski definition) is 1. The van der Waals surface area contributed by atoms with Crippen LogP contribution in [0.25, 0.3) is 6.08 Å². The molecule has 1 aliphatic carbocycles. The van der Waals surface area contributed by atoms with Crippen LogP contribution in [0.3, 0.4) is 0 Å². The van der Waals surface area contributed by atoms with Crippen LogP contribution in [-0.4, -0.2) is 34.1 Å². The first-order valence-electron chi connectivity index (χ1n) is 12.0. The molecular formula is C27H24IN5O3S. The van der Waals surface area contributed by atoms with Gasteiger partial charge in [0.1, 0.15) is 11.7 Å². The molecule has 0 radical (unpaired) electrons. The largest absolute Gasteiger partial charge is 0.493 e. The highest BCUT2D eigenvalue weighted by atomic mass is 127. The normalized spacial score (nSPS) is 18.8. The van der Waals surface area contributed by atoms with Crippen molar-refractivity contribution in [3.05, 3.63) is 62.2 Å². The molecule has 1 fully saturated rings. The molecule has 10 heteroatoms. The standard InChI is InChI=1S/C27H24IN5O3S/c1-35-22-13-16(12-21(28)23(22)36-15-19-10-6-5-9-18(19)14-29)11-20-24(30)33-27(31-25(20)34)37-26(32-33)17-7-3-2-4-8-17/h5-6,9-13,17,30H,2-4,7-8,15H2,1H3/b20-11-,30-24?. The van der Waals surface area contributed by atoms with Crippen LogP contribution >= 0.6 is 34.4 Å². The van der Waals surface area contributed by atoms with Crippen molar-refractivity contribution in [2.45, 2.75) is 38.7 Å². The van der Waals surface area contributed by atoms with Gasteiger partial charge in [0.2, 0.25) is 5.17 Å². The quantitative estimate of drug-likeness (QED) is 0.314. The topological polar surface area (TPSA) is 111 Å². The van der Waals surface area contributed by atoms with Crippen LogP contribution in [-0.2, 0) is 11.4 Å². The van der Waals surface area contributed by atoms with E-state index >= 15 is 0 Å². The second kappa shape index (κ2) is 11.1. The summed E-state index contributed by atoms with van der Waals surface area (Å²) < 4.78 is 12.4. The number of thioether (sulfide) groups is 1. The number of aliphatic imine (C=N–C) groups is 1. The number of carbonyl (C=O) groups excluding carboxylic acids is 1. The number of nitriles is 1. The number of ether oxygens (including phenoxy) is 2. The fourth-order valence-corrected chi connectivity index (χ4v) is 6.40. The van der Waals surface area contributed by atoms with Crippen molar-refractivity contribution >= 4 is 62.4 Å². The lowest BCUT2D eigenvalue weighted by molar-refractivity contribution is -0.114. The molecule has 0 spiro atoms. The summed E-state index contributed by atoms with van der Waals surface area (Å²) in [5.41, 5.74) is 2.19. The number of hydrogen-bond acceptors (Lipinski definition) is 7. The minimum absolute atomic E-state index is 0.0238. The van der Waals surface area contributed by atoms with Crippen molar-refractivity contribution < 1.29 is 14.3 Å². The Labute approximate surface area is 233 Å². The van der Waals surface area contributed by atoms with Crippen LogP contribution < -0.4 is 9.47 Å². The Morgan fingerprint density at radius 2 is 2.05 bits per heavy atom. The van der Waals surface area contributed by atoms with E-state index < -0.39 is 5.91 Å². The van der Waals surface area contributed by atoms with Gasteiger partial charge in [-0.3, -0.25) is 10.2 Å². The highest BCUT2D eigenvalue weighted by Gasteiger charge is 2.38. The summed E-state index contributed by atoms with van der Waals surface area (Å²) >= 11 is 3.56. The number of carbonyl (C=O) groups is 1. The van der Waals surface area contributed by atoms with Gasteiger partial charge in [0.15, 0.2) is 17.3 Å². The van der Waals surface area contributed by atoms with Crippen LogP contribution in [0.2, 0.25) is 0 Å². The van der Waals surface area contributed by atoms with Gasteiger partial charge in [-0.2, -0.15) is 20.4 Å². The lowest BCUT2D eigenvalue weighted by Gasteiger charge is -2.20. The molecule has 0 atom stereocenters. The first kappa shape index (κ1) is 25.5. The van der Waals surface area contributed by atoms with E-state index in [-0.39, 0.29) is 18.0 Å². The third-order valence-electron chi connectivity index (χ3n) is 6.50. The zero-order valence-corrected chi connectivity index (χ0v) is 23.1. The number of hydrazone groups is 1. The Hall–Kier alpha value is -3.17. The summed E-state index contributed by atoms with van der Waals surface area (Å²) in [5.74, 6) is 0.977. The van der Waals surface area contributed by atoms with Crippen molar-refractivity contribution in [2.24, 2.45) is 16.0 Å². The summed E-state index contributed by atoms with van der Waals surface area (Å²) in [6.07, 6.45) is 7.44. The Morgan fingerprint density at radius 1 is 1.27 bits per heavy atom. The van der Waals surface area contributed by atoms with Gasteiger partial charge in [-0.1, -0.05) is 37.5 Å². The Bertz CT molecular complexity index is 1410. The minimum Gasteiger partial charge on any atom is -0.493 e. The van der Waals surface area contributed by atoms with Gasteiger partial charge in [0.25, 0.3) is 5.91 Å². The Kier molecular flexibility index (Phi) is 7.62. The maximum absolute atomic E-state index is 12.9. The summed E-state index contributed by atoms with van der Waals surface area (Å²) in [5, 5.41) is 25.6. The zero-order valence-electron chi connectivity index (χ0n) is 20.2. The van der Waals surface area contributed by atoms with Gasteiger partial charge in [0.05, 0.1) is 27.9 Å². The van der Waals surface area contributed by atoms with Gasteiger partial charge in [-0.15, -0.1) is 0 Å². The number of halogens is 1. The fourth-order valence-electron chi connectivity index (χ4n) is 4.56. The number of amidine groups is 2. The van der Waals surface area contributed by atoms with Crippen LogP contribution in [0.1, 0.15) is 48.8 Å². The smallest absolute Gasteiger partial charge is 0.283 e. The number of amides is 1. The number of methoxy groups -OCH3 is 1. The first-order valence-corrected chi connectivity index (χ1v) is 13.9. The molecule has 2 aromatic carbocycles. The maximum Gasteiger partial charge on any atom is 0.283 e. The average Bonchev–Trinajstić information content (AvgIpc) is 3.35. The molecule has 37 heavy (non-hydrogen) atoms. The van der Waals surface area contributed by atoms with E-state index in [0.29, 0.717) is 33.7 Å². The lowest BCUT2D eigenvalue weighted by atomic mass is 9.90. The van der Waals surface area contributed by atoms with Gasteiger partial charge in [-0.05, 0) is 77.0 Å². The molecule has 1 saturated carbocycles. The zero-order chi connectivity index (χ0) is 25.9. The van der Waals surface area contributed by atoms with Crippen molar-refractivity contribution in [2.75, 3.05) is 7.11 Å². The summed E-state index contributed by atoms with van der Waals surface area (Å²) in [6, 6.07) is 13.1. The molecule has 0 unspecified atom stereocenters. The predicted octanol–water partition coefficient (Wildman–Crippen LogP) is 5.95. The van der Waals surface area contributed by atoms with Gasteiger partial charge >= 0.3 is 0 Å². The molecule has 2 aromatic rings. The SMILES string of the molecule is COc1cc(/C=C2/C(=N)N3N=C(C4CCCCC4)SC3=NC2=O)cc(I)c1OCc1ccccc1C#N. The summed E-state index contributed by atoms with van der Waals surface area (Å²) in [4.78, 5) is 17.1. The van der Waals surface area contributed by atoms with E-state index in [0.717, 1.165) is 27.0 Å². The van der Waals surface area contributed by atoms with Crippen molar-refractivity contribution in [3.63, 3.8) is 0 Å². The van der Waals surface area contributed by atoms with Gasteiger partial charge in [-0.25, -0.2) is 0 Å². The molecule has 1 N–H and O–H groups in total. The highest BCUT2D eigenvalue weighted by Crippen LogP contribution is 2.38. The lowest BCUT2D eigenvalue weighted by Crippen LogP contribution is -2.35. The highest BCUT2D eigenvalue weighted by molar-refractivity contribution is 14.1. The fraction of sp³-hybridized carbons (Fsp3) is 0.296. The molecule has 1 amide bonds. The van der Waals surface area contributed by atoms with Gasteiger partial charge < -0.3 is 9.47 Å². The first-order chi connectivity index (χ1) is 18.0. The average molecular weight is 625 g/mol. The number of benzene rings is 2. The number of nitrogens with zero attached hydrogens (tertiary/aromatic N) is 4. The molecule has 5 rings (SSSR count). The van der Waals surface area contributed by atoms with E-state index in [2.05, 4.69) is 38.8 Å². The van der Waals surface area contributed by atoms with Crippen LogP contribution in [0.4, 0.5) is 0 Å². The van der Waals surface area contributed by atoms with Crippen molar-refractivity contribution in [3.8, 4) is 17.6 Å². The maximum atomic E-state index is 12.9. The third-order valence-corrected chi connectivity index (χ3v) is 8.37. The van der Waals surface area contributed by atoms with Crippen LogP contribution in [0.5, 0.6) is 11.5 Å². The van der Waals surface area contributed by atoms with Crippen LogP contribution in [0, 0.1) is 26.2 Å². The number of rotatable bonds is 6. The van der Waals surface area contributed by atoms with E-state index in [1.807, 2.05) is 24.3 Å². The van der Waals surface area contributed by atoms with Crippen LogP contribution in [0.15, 0.2) is 52.1 Å². The predicted molar refractivity (Wildman–Crippen MR) is 153 cm³/mol. The molecule has 0 bridgehead atoms. The summed E-state index contributed by atoms with van der Waals surface area (Å²) in [6.45, 7) is 0.213. The Morgan fingerprint density at radius 3 is 2.81 bits per heavy atom. The van der Waals surface area contributed by atoms with E-state index in [4.69, 9.17) is 14.9 Å². The van der Waals surface area contributed by atoms with E-state index in [1.54, 1.807) is 25.3 Å². The van der Waals surface area contributed by atoms with E-state index in [1.165, 1.54) is 36.0 Å². The second-order valence-electron chi connectivity index (χ2n) is 8.88. The monoisotopic (exact) mass is 625 g/mol. The molecule has 3 aliphatic rings.